The van der Waals surface area contributed by atoms with E-state index in [9.17, 15) is 0 Å². The summed E-state index contributed by atoms with van der Waals surface area (Å²) in [5, 5.41) is 2.02. The van der Waals surface area contributed by atoms with E-state index in [2.05, 4.69) is 76.6 Å². The summed E-state index contributed by atoms with van der Waals surface area (Å²) < 4.78 is 5.65. The molecule has 5 rings (SSSR count). The summed E-state index contributed by atoms with van der Waals surface area (Å²) in [7, 11) is 0. The molecular weight excluding hydrogens is 380 g/mol. The summed E-state index contributed by atoms with van der Waals surface area (Å²) in [6.45, 7) is 3.32. The van der Waals surface area contributed by atoms with Gasteiger partial charge in [-0.15, -0.1) is 0 Å². The molecule has 2 heterocycles. The van der Waals surface area contributed by atoms with E-state index in [1.807, 2.05) is 12.1 Å². The standard InChI is InChI=1S/C25H23ClN2O/c26-20-12-10-19(11-13-20)25(28-14-16-29-17-15-28)23-21-8-4-5-9-22(21)27-24(23)18-6-2-1-3-7-18/h1-13,25,27H,14-17H2. The molecule has 0 saturated carbocycles. The zero-order chi connectivity index (χ0) is 19.6. The SMILES string of the molecule is Clc1ccc(C(c2c(-c3ccccc3)[nH]c3ccccc23)N2CCOCC2)cc1. The Morgan fingerprint density at radius 2 is 1.52 bits per heavy atom. The van der Waals surface area contributed by atoms with Gasteiger partial charge in [0.25, 0.3) is 0 Å². The fourth-order valence-electron chi connectivity index (χ4n) is 4.32. The summed E-state index contributed by atoms with van der Waals surface area (Å²) in [4.78, 5) is 6.22. The average Bonchev–Trinajstić information content (AvgIpc) is 3.16. The Morgan fingerprint density at radius 3 is 2.28 bits per heavy atom. The van der Waals surface area contributed by atoms with Gasteiger partial charge in [0.05, 0.1) is 24.9 Å². The average molecular weight is 403 g/mol. The maximum atomic E-state index is 6.21. The van der Waals surface area contributed by atoms with Crippen LogP contribution in [0.4, 0.5) is 0 Å². The van der Waals surface area contributed by atoms with Crippen LogP contribution in [0.3, 0.4) is 0 Å². The van der Waals surface area contributed by atoms with E-state index in [1.54, 1.807) is 0 Å². The number of morpholine rings is 1. The first-order chi connectivity index (χ1) is 14.3. The van der Waals surface area contributed by atoms with Crippen LogP contribution in [0.15, 0.2) is 78.9 Å². The van der Waals surface area contributed by atoms with Crippen LogP contribution in [0.2, 0.25) is 5.02 Å². The van der Waals surface area contributed by atoms with Crippen LogP contribution in [0.5, 0.6) is 0 Å². The Hall–Kier alpha value is -2.59. The quantitative estimate of drug-likeness (QED) is 0.459. The molecule has 0 amide bonds. The number of fused-ring (bicyclic) bond motifs is 1. The predicted octanol–water partition coefficient (Wildman–Crippen LogP) is 5.91. The molecule has 146 valence electrons. The largest absolute Gasteiger partial charge is 0.379 e. The molecular formula is C25H23ClN2O. The summed E-state index contributed by atoms with van der Waals surface area (Å²) in [6.07, 6.45) is 0. The molecule has 1 aliphatic rings. The highest BCUT2D eigenvalue weighted by atomic mass is 35.5. The molecule has 0 bridgehead atoms. The molecule has 1 N–H and O–H groups in total. The number of aromatic amines is 1. The van der Waals surface area contributed by atoms with Crippen molar-refractivity contribution >= 4 is 22.5 Å². The first-order valence-corrected chi connectivity index (χ1v) is 10.4. The number of nitrogens with one attached hydrogen (secondary N) is 1. The van der Waals surface area contributed by atoms with Crippen LogP contribution < -0.4 is 0 Å². The molecule has 1 unspecified atom stereocenters. The molecule has 0 radical (unpaired) electrons. The number of hydrogen-bond acceptors (Lipinski definition) is 2. The lowest BCUT2D eigenvalue weighted by Crippen LogP contribution is -2.39. The summed E-state index contributed by atoms with van der Waals surface area (Å²) >= 11 is 6.21. The van der Waals surface area contributed by atoms with Crippen molar-refractivity contribution in [1.82, 2.24) is 9.88 Å². The molecule has 3 aromatic carbocycles. The number of hydrogen-bond donors (Lipinski definition) is 1. The van der Waals surface area contributed by atoms with Gasteiger partial charge in [-0.1, -0.05) is 72.3 Å². The highest BCUT2D eigenvalue weighted by Crippen LogP contribution is 2.41. The molecule has 3 nitrogen and oxygen atoms in total. The van der Waals surface area contributed by atoms with Crippen molar-refractivity contribution < 1.29 is 4.74 Å². The second-order valence-electron chi connectivity index (χ2n) is 7.43. The lowest BCUT2D eigenvalue weighted by atomic mass is 9.92. The minimum Gasteiger partial charge on any atom is -0.379 e. The van der Waals surface area contributed by atoms with Gasteiger partial charge in [-0.2, -0.15) is 0 Å². The van der Waals surface area contributed by atoms with Crippen LogP contribution in [-0.4, -0.2) is 36.2 Å². The van der Waals surface area contributed by atoms with Gasteiger partial charge < -0.3 is 9.72 Å². The van der Waals surface area contributed by atoms with E-state index >= 15 is 0 Å². The van der Waals surface area contributed by atoms with Crippen LogP contribution in [-0.2, 0) is 4.74 Å². The number of nitrogens with zero attached hydrogens (tertiary/aromatic N) is 1. The van der Waals surface area contributed by atoms with E-state index < -0.39 is 0 Å². The highest BCUT2D eigenvalue weighted by Gasteiger charge is 2.29. The molecule has 0 aliphatic carbocycles. The Kier molecular flexibility index (Phi) is 5.11. The maximum absolute atomic E-state index is 6.21. The summed E-state index contributed by atoms with van der Waals surface area (Å²) in [5.41, 5.74) is 6.10. The molecule has 1 saturated heterocycles. The second-order valence-corrected chi connectivity index (χ2v) is 7.86. The zero-order valence-electron chi connectivity index (χ0n) is 16.1. The Balaban J connectivity index is 1.75. The van der Waals surface area contributed by atoms with Crippen molar-refractivity contribution in [2.45, 2.75) is 6.04 Å². The van der Waals surface area contributed by atoms with Crippen molar-refractivity contribution in [2.75, 3.05) is 26.3 Å². The van der Waals surface area contributed by atoms with Crippen molar-refractivity contribution in [2.24, 2.45) is 0 Å². The Bertz CT molecular complexity index is 1100. The molecule has 1 aliphatic heterocycles. The third-order valence-electron chi connectivity index (χ3n) is 5.68. The molecule has 0 spiro atoms. The fraction of sp³-hybridized carbons (Fsp3) is 0.200. The third-order valence-corrected chi connectivity index (χ3v) is 5.93. The topological polar surface area (TPSA) is 28.3 Å². The van der Waals surface area contributed by atoms with Crippen LogP contribution in [0, 0.1) is 0 Å². The number of para-hydroxylation sites is 1. The van der Waals surface area contributed by atoms with Gasteiger partial charge in [0.2, 0.25) is 0 Å². The number of H-pyrrole nitrogens is 1. The normalized spacial score (nSPS) is 16.2. The van der Waals surface area contributed by atoms with Gasteiger partial charge in [0.15, 0.2) is 0 Å². The Morgan fingerprint density at radius 1 is 0.828 bits per heavy atom. The number of benzene rings is 3. The molecule has 4 heteroatoms. The summed E-state index contributed by atoms with van der Waals surface area (Å²) in [6, 6.07) is 27.6. The van der Waals surface area contributed by atoms with Gasteiger partial charge in [0, 0.05) is 34.6 Å². The zero-order valence-corrected chi connectivity index (χ0v) is 16.9. The minimum atomic E-state index is 0.127. The van der Waals surface area contributed by atoms with E-state index in [1.165, 1.54) is 27.8 Å². The van der Waals surface area contributed by atoms with Crippen molar-refractivity contribution in [3.8, 4) is 11.3 Å². The van der Waals surface area contributed by atoms with E-state index in [0.717, 1.165) is 36.8 Å². The molecule has 1 fully saturated rings. The second kappa shape index (κ2) is 8.03. The van der Waals surface area contributed by atoms with Crippen LogP contribution in [0.1, 0.15) is 17.2 Å². The third kappa shape index (κ3) is 3.58. The minimum absolute atomic E-state index is 0.127. The summed E-state index contributed by atoms with van der Waals surface area (Å²) in [5.74, 6) is 0. The first kappa shape index (κ1) is 18.4. The van der Waals surface area contributed by atoms with Gasteiger partial charge in [-0.05, 0) is 29.3 Å². The molecule has 1 atom stereocenters. The van der Waals surface area contributed by atoms with Crippen molar-refractivity contribution in [3.05, 3.63) is 95.0 Å². The van der Waals surface area contributed by atoms with Gasteiger partial charge >= 0.3 is 0 Å². The number of aromatic nitrogens is 1. The first-order valence-electron chi connectivity index (χ1n) is 10.0. The van der Waals surface area contributed by atoms with E-state index in [0.29, 0.717) is 0 Å². The molecule has 29 heavy (non-hydrogen) atoms. The number of halogens is 1. The number of rotatable bonds is 4. The van der Waals surface area contributed by atoms with Crippen LogP contribution in [0.25, 0.3) is 22.2 Å². The van der Waals surface area contributed by atoms with Gasteiger partial charge in [-0.25, -0.2) is 0 Å². The van der Waals surface area contributed by atoms with Gasteiger partial charge in [-0.3, -0.25) is 4.90 Å². The smallest absolute Gasteiger partial charge is 0.0630 e. The van der Waals surface area contributed by atoms with Gasteiger partial charge in [0.1, 0.15) is 0 Å². The monoisotopic (exact) mass is 402 g/mol. The van der Waals surface area contributed by atoms with E-state index in [4.69, 9.17) is 16.3 Å². The highest BCUT2D eigenvalue weighted by molar-refractivity contribution is 6.30. The van der Waals surface area contributed by atoms with Crippen molar-refractivity contribution in [3.63, 3.8) is 0 Å². The lowest BCUT2D eigenvalue weighted by Gasteiger charge is -2.35. The fourth-order valence-corrected chi connectivity index (χ4v) is 4.45. The molecule has 1 aromatic heterocycles. The Labute approximate surface area is 175 Å². The molecule has 4 aromatic rings. The van der Waals surface area contributed by atoms with Crippen molar-refractivity contribution in [1.29, 1.82) is 0 Å². The number of ether oxygens (including phenoxy) is 1. The lowest BCUT2D eigenvalue weighted by molar-refractivity contribution is 0.0243. The predicted molar refractivity (Wildman–Crippen MR) is 119 cm³/mol. The maximum Gasteiger partial charge on any atom is 0.0630 e. The van der Waals surface area contributed by atoms with Crippen LogP contribution >= 0.6 is 11.6 Å². The van der Waals surface area contributed by atoms with E-state index in [-0.39, 0.29) is 6.04 Å².